The quantitative estimate of drug-likeness (QED) is 0.436. The van der Waals surface area contributed by atoms with E-state index in [1.807, 2.05) is 32.9 Å². The average molecular weight is 474 g/mol. The predicted molar refractivity (Wildman–Crippen MR) is 116 cm³/mol. The fourth-order valence-electron chi connectivity index (χ4n) is 2.66. The van der Waals surface area contributed by atoms with Gasteiger partial charge in [-0.3, -0.25) is 9.59 Å². The molecule has 4 N–H and O–H groups in total. The van der Waals surface area contributed by atoms with Gasteiger partial charge in [-0.2, -0.15) is 0 Å². The number of rotatable bonds is 6. The van der Waals surface area contributed by atoms with Crippen LogP contribution in [-0.2, 0) is 14.3 Å². The van der Waals surface area contributed by atoms with E-state index in [2.05, 4.69) is 15.6 Å². The number of hydrogen-bond donors (Lipinski definition) is 3. The molecule has 0 aliphatic heterocycles. The van der Waals surface area contributed by atoms with Gasteiger partial charge in [0.2, 0.25) is 5.91 Å². The van der Waals surface area contributed by atoms with Gasteiger partial charge in [0, 0.05) is 5.69 Å². The number of hydrogen-bond acceptors (Lipinski definition) is 6. The van der Waals surface area contributed by atoms with Crippen molar-refractivity contribution >= 4 is 64.0 Å². The smallest absolute Gasteiger partial charge is 0.359 e. The second-order valence-electron chi connectivity index (χ2n) is 6.47. The van der Waals surface area contributed by atoms with Crippen molar-refractivity contribution in [2.45, 2.75) is 20.8 Å². The minimum Gasteiger partial charge on any atom is -0.451 e. The van der Waals surface area contributed by atoms with Crippen LogP contribution in [-0.4, -0.2) is 35.9 Å². The molecule has 0 spiro atoms. The molecule has 2 amide bonds. The Labute approximate surface area is 188 Å². The summed E-state index contributed by atoms with van der Waals surface area (Å²) in [6.45, 7) is 4.75. The first kappa shape index (κ1) is 23.7. The minimum absolute atomic E-state index is 0.0963. The van der Waals surface area contributed by atoms with Gasteiger partial charge in [-0.15, -0.1) is 0 Å². The number of aryl methyl sites for hydroxylation is 3. The van der Waals surface area contributed by atoms with E-state index in [1.165, 1.54) is 0 Å². The summed E-state index contributed by atoms with van der Waals surface area (Å²) in [5.41, 5.74) is 8.71. The summed E-state index contributed by atoms with van der Waals surface area (Å²) in [5.74, 6) is -2.14. The van der Waals surface area contributed by atoms with Crippen molar-refractivity contribution in [2.75, 3.05) is 24.2 Å². The van der Waals surface area contributed by atoms with Crippen molar-refractivity contribution in [3.8, 4) is 0 Å². The zero-order chi connectivity index (χ0) is 22.6. The van der Waals surface area contributed by atoms with Crippen molar-refractivity contribution in [1.82, 2.24) is 10.3 Å². The summed E-state index contributed by atoms with van der Waals surface area (Å²) in [6.07, 6.45) is 0. The number of nitrogens with zero attached hydrogens (tertiary/aromatic N) is 1. The maximum Gasteiger partial charge on any atom is 0.359 e. The molecule has 0 fully saturated rings. The van der Waals surface area contributed by atoms with Crippen molar-refractivity contribution in [3.63, 3.8) is 0 Å². The molecule has 2 aromatic rings. The molecule has 0 radical (unpaired) electrons. The molecule has 0 aliphatic carbocycles. The van der Waals surface area contributed by atoms with Crippen LogP contribution < -0.4 is 16.4 Å². The number of nitrogens with two attached hydrogens (primary N) is 1. The Morgan fingerprint density at radius 1 is 1.03 bits per heavy atom. The molecule has 0 atom stereocenters. The van der Waals surface area contributed by atoms with E-state index in [1.54, 1.807) is 0 Å². The number of halogens is 3. The molecule has 1 aromatic carbocycles. The van der Waals surface area contributed by atoms with Crippen LogP contribution >= 0.6 is 34.8 Å². The number of aromatic nitrogens is 1. The van der Waals surface area contributed by atoms with Crippen LogP contribution in [0.1, 0.15) is 27.2 Å². The third-order valence-electron chi connectivity index (χ3n) is 3.99. The van der Waals surface area contributed by atoms with E-state index < -0.39 is 24.4 Å². The standard InChI is InChI=1S/C19H19Cl3N4O4/c1-8-4-9(2)16(10(3)5-8)25-11(27)6-24-12(28)7-30-19(29)17-13(20)15(23)14(21)18(22)26-17/h4-5H,6-7H2,1-3H3,(H2,23,26)(H,24,28)(H,25,27). The van der Waals surface area contributed by atoms with Crippen LogP contribution in [0.3, 0.4) is 0 Å². The summed E-state index contributed by atoms with van der Waals surface area (Å²) >= 11 is 17.5. The van der Waals surface area contributed by atoms with E-state index in [0.29, 0.717) is 5.69 Å². The molecule has 11 heteroatoms. The van der Waals surface area contributed by atoms with Crippen LogP contribution in [0, 0.1) is 20.8 Å². The lowest BCUT2D eigenvalue weighted by molar-refractivity contribution is -0.126. The topological polar surface area (TPSA) is 123 Å². The van der Waals surface area contributed by atoms with Gasteiger partial charge in [0.25, 0.3) is 5.91 Å². The SMILES string of the molecule is Cc1cc(C)c(NC(=O)CNC(=O)COC(=O)c2nc(Cl)c(Cl)c(N)c2Cl)c(C)c1. The summed E-state index contributed by atoms with van der Waals surface area (Å²) in [4.78, 5) is 39.8. The largest absolute Gasteiger partial charge is 0.451 e. The number of carbonyl (C=O) groups is 3. The van der Waals surface area contributed by atoms with E-state index >= 15 is 0 Å². The molecule has 30 heavy (non-hydrogen) atoms. The lowest BCUT2D eigenvalue weighted by atomic mass is 10.1. The van der Waals surface area contributed by atoms with Crippen LogP contribution in [0.15, 0.2) is 12.1 Å². The van der Waals surface area contributed by atoms with E-state index in [9.17, 15) is 14.4 Å². The summed E-state index contributed by atoms with van der Waals surface area (Å²) in [5, 5.41) is 4.54. The van der Waals surface area contributed by atoms with E-state index in [0.717, 1.165) is 16.7 Å². The Balaban J connectivity index is 1.88. The van der Waals surface area contributed by atoms with Gasteiger partial charge in [-0.1, -0.05) is 52.5 Å². The van der Waals surface area contributed by atoms with E-state index in [4.69, 9.17) is 45.3 Å². The number of nitrogen functional groups attached to an aromatic ring is 1. The maximum atomic E-state index is 12.1. The van der Waals surface area contributed by atoms with Crippen molar-refractivity contribution in [3.05, 3.63) is 49.7 Å². The average Bonchev–Trinajstić information content (AvgIpc) is 2.68. The summed E-state index contributed by atoms with van der Waals surface area (Å²) < 4.78 is 4.84. The molecule has 0 bridgehead atoms. The van der Waals surface area contributed by atoms with Crippen molar-refractivity contribution < 1.29 is 19.1 Å². The van der Waals surface area contributed by atoms with Crippen molar-refractivity contribution in [2.24, 2.45) is 0 Å². The number of carbonyl (C=O) groups excluding carboxylic acids is 3. The zero-order valence-corrected chi connectivity index (χ0v) is 18.6. The van der Waals surface area contributed by atoms with Gasteiger partial charge in [0.15, 0.2) is 17.5 Å². The fraction of sp³-hybridized carbons (Fsp3) is 0.263. The Kier molecular flexibility index (Phi) is 7.89. The summed E-state index contributed by atoms with van der Waals surface area (Å²) in [7, 11) is 0. The molecule has 1 aromatic heterocycles. The fourth-order valence-corrected chi connectivity index (χ4v) is 3.24. The Bertz CT molecular complexity index is 1000. The number of ether oxygens (including phenoxy) is 1. The Morgan fingerprint density at radius 2 is 1.63 bits per heavy atom. The minimum atomic E-state index is -1.02. The normalized spacial score (nSPS) is 10.5. The predicted octanol–water partition coefficient (Wildman–Crippen LogP) is 3.46. The first-order valence-electron chi connectivity index (χ1n) is 8.62. The van der Waals surface area contributed by atoms with Gasteiger partial charge in [0.1, 0.15) is 5.02 Å². The van der Waals surface area contributed by atoms with Crippen LogP contribution in [0.4, 0.5) is 11.4 Å². The number of pyridine rings is 1. The van der Waals surface area contributed by atoms with Gasteiger partial charge >= 0.3 is 5.97 Å². The Hall–Kier alpha value is -2.55. The van der Waals surface area contributed by atoms with Gasteiger partial charge in [0.05, 0.1) is 17.3 Å². The highest BCUT2D eigenvalue weighted by atomic mass is 35.5. The first-order chi connectivity index (χ1) is 14.0. The molecule has 8 nitrogen and oxygen atoms in total. The van der Waals surface area contributed by atoms with Crippen LogP contribution in [0.2, 0.25) is 15.2 Å². The van der Waals surface area contributed by atoms with Crippen molar-refractivity contribution in [1.29, 1.82) is 0 Å². The molecule has 0 unspecified atom stereocenters. The lowest BCUT2D eigenvalue weighted by Crippen LogP contribution is -2.35. The number of nitrogens with one attached hydrogen (secondary N) is 2. The van der Waals surface area contributed by atoms with E-state index in [-0.39, 0.29) is 33.1 Å². The first-order valence-corrected chi connectivity index (χ1v) is 9.76. The molecule has 0 saturated carbocycles. The molecular weight excluding hydrogens is 455 g/mol. The van der Waals surface area contributed by atoms with Gasteiger partial charge < -0.3 is 21.1 Å². The molecule has 2 rings (SSSR count). The molecule has 0 aliphatic rings. The highest BCUT2D eigenvalue weighted by Gasteiger charge is 2.21. The molecular formula is C19H19Cl3N4O4. The van der Waals surface area contributed by atoms with Crippen LogP contribution in [0.5, 0.6) is 0 Å². The zero-order valence-electron chi connectivity index (χ0n) is 16.4. The molecule has 160 valence electrons. The molecule has 0 saturated heterocycles. The summed E-state index contributed by atoms with van der Waals surface area (Å²) in [6, 6.07) is 3.88. The molecule has 1 heterocycles. The van der Waals surface area contributed by atoms with Gasteiger partial charge in [-0.05, 0) is 31.9 Å². The third-order valence-corrected chi connectivity index (χ3v) is 5.12. The number of amides is 2. The van der Waals surface area contributed by atoms with Gasteiger partial charge in [-0.25, -0.2) is 9.78 Å². The van der Waals surface area contributed by atoms with Crippen LogP contribution in [0.25, 0.3) is 0 Å². The highest BCUT2D eigenvalue weighted by molar-refractivity contribution is 6.46. The number of esters is 1. The number of anilines is 2. The maximum absolute atomic E-state index is 12.1. The Morgan fingerprint density at radius 3 is 2.23 bits per heavy atom. The monoisotopic (exact) mass is 472 g/mol. The lowest BCUT2D eigenvalue weighted by Gasteiger charge is -2.13. The number of benzene rings is 1. The second-order valence-corrected chi connectivity index (χ2v) is 7.58. The highest BCUT2D eigenvalue weighted by Crippen LogP contribution is 2.34. The second kappa shape index (κ2) is 9.97. The third kappa shape index (κ3) is 5.75.